The van der Waals surface area contributed by atoms with Crippen LogP contribution in [0.5, 0.6) is 0 Å². The van der Waals surface area contributed by atoms with Gasteiger partial charge in [-0.25, -0.2) is 19.8 Å². The zero-order valence-electron chi connectivity index (χ0n) is 27.7. The number of benzene rings is 7. The molecule has 3 heterocycles. The first-order valence-electron chi connectivity index (χ1n) is 17.1. The molecule has 6 heteroatoms. The molecule has 0 aliphatic carbocycles. The number of para-hydroxylation sites is 3. The summed E-state index contributed by atoms with van der Waals surface area (Å²) in [6, 6.07) is 55.4. The molecule has 0 aliphatic rings. The van der Waals surface area contributed by atoms with Gasteiger partial charge in [0.15, 0.2) is 23.2 Å². The molecular weight excluding hydrogens is 639 g/mol. The highest BCUT2D eigenvalue weighted by molar-refractivity contribution is 6.16. The highest BCUT2D eigenvalue weighted by atomic mass is 16.3. The molecule has 0 atom stereocenters. The SMILES string of the molecule is [C-]#[N+]c1cccc(-c2nc(-c3ccccc3)nc(-c3cc(-c4ccc5c(c4)c4ccccc4n5-c4ccccc4)c4c(c3)oc3ccccc34)n2)c1. The quantitative estimate of drug-likeness (QED) is 0.172. The van der Waals surface area contributed by atoms with Gasteiger partial charge in [0.1, 0.15) is 11.2 Å². The van der Waals surface area contributed by atoms with Crippen molar-refractivity contribution < 1.29 is 4.42 Å². The summed E-state index contributed by atoms with van der Waals surface area (Å²) in [4.78, 5) is 18.6. The number of hydrogen-bond donors (Lipinski definition) is 0. The second-order valence-electron chi connectivity index (χ2n) is 12.7. The molecule has 0 saturated heterocycles. The van der Waals surface area contributed by atoms with Gasteiger partial charge in [-0.15, -0.1) is 0 Å². The maximum atomic E-state index is 7.58. The van der Waals surface area contributed by atoms with E-state index >= 15 is 0 Å². The predicted octanol–water partition coefficient (Wildman–Crippen LogP) is 12.1. The lowest BCUT2D eigenvalue weighted by atomic mass is 9.95. The van der Waals surface area contributed by atoms with Gasteiger partial charge in [0.2, 0.25) is 0 Å². The van der Waals surface area contributed by atoms with E-state index in [0.717, 1.165) is 71.9 Å². The van der Waals surface area contributed by atoms with Crippen molar-refractivity contribution in [2.75, 3.05) is 0 Å². The van der Waals surface area contributed by atoms with E-state index in [1.165, 1.54) is 5.39 Å². The van der Waals surface area contributed by atoms with Crippen LogP contribution in [0.4, 0.5) is 5.69 Å². The molecule has 0 spiro atoms. The van der Waals surface area contributed by atoms with Gasteiger partial charge in [0.05, 0.1) is 17.6 Å². The molecule has 0 fully saturated rings. The summed E-state index contributed by atoms with van der Waals surface area (Å²) in [5.41, 5.74) is 10.0. The predicted molar refractivity (Wildman–Crippen MR) is 209 cm³/mol. The van der Waals surface area contributed by atoms with Crippen LogP contribution in [-0.4, -0.2) is 19.5 Å². The molecule has 6 nitrogen and oxygen atoms in total. The van der Waals surface area contributed by atoms with Gasteiger partial charge < -0.3 is 8.98 Å². The monoisotopic (exact) mass is 665 g/mol. The second-order valence-corrected chi connectivity index (χ2v) is 12.7. The van der Waals surface area contributed by atoms with Crippen molar-refractivity contribution in [1.29, 1.82) is 0 Å². The summed E-state index contributed by atoms with van der Waals surface area (Å²) < 4.78 is 8.88. The van der Waals surface area contributed by atoms with E-state index in [9.17, 15) is 0 Å². The topological polar surface area (TPSA) is 61.1 Å². The van der Waals surface area contributed by atoms with E-state index in [1.807, 2.05) is 78.9 Å². The molecule has 0 N–H and O–H groups in total. The number of hydrogen-bond acceptors (Lipinski definition) is 4. The van der Waals surface area contributed by atoms with Gasteiger partial charge in [-0.2, -0.15) is 0 Å². The van der Waals surface area contributed by atoms with E-state index in [2.05, 4.69) is 88.3 Å². The molecule has 10 aromatic rings. The smallest absolute Gasteiger partial charge is 0.187 e. The number of rotatable bonds is 5. The first-order valence-corrected chi connectivity index (χ1v) is 17.1. The van der Waals surface area contributed by atoms with Crippen LogP contribution in [0.25, 0.3) is 99.6 Å². The molecule has 3 aromatic heterocycles. The van der Waals surface area contributed by atoms with Crippen molar-refractivity contribution in [1.82, 2.24) is 19.5 Å². The fraction of sp³-hybridized carbons (Fsp3) is 0. The zero-order valence-corrected chi connectivity index (χ0v) is 27.7. The fourth-order valence-corrected chi connectivity index (χ4v) is 7.27. The van der Waals surface area contributed by atoms with Crippen molar-refractivity contribution in [3.8, 4) is 51.0 Å². The van der Waals surface area contributed by atoms with Crippen LogP contribution in [0.1, 0.15) is 0 Å². The number of nitrogens with zero attached hydrogens (tertiary/aromatic N) is 5. The van der Waals surface area contributed by atoms with Gasteiger partial charge in [0.25, 0.3) is 0 Å². The maximum Gasteiger partial charge on any atom is 0.187 e. The summed E-state index contributed by atoms with van der Waals surface area (Å²) in [5, 5.41) is 4.43. The maximum absolute atomic E-state index is 7.58. The van der Waals surface area contributed by atoms with Crippen LogP contribution in [0.3, 0.4) is 0 Å². The van der Waals surface area contributed by atoms with Crippen molar-refractivity contribution >= 4 is 49.4 Å². The fourth-order valence-electron chi connectivity index (χ4n) is 7.27. The van der Waals surface area contributed by atoms with Gasteiger partial charge in [-0.05, 0) is 65.7 Å². The summed E-state index contributed by atoms with van der Waals surface area (Å²) in [7, 11) is 0. The number of furan rings is 1. The van der Waals surface area contributed by atoms with Gasteiger partial charge in [0, 0.05) is 43.9 Å². The first kappa shape index (κ1) is 29.5. The average molecular weight is 666 g/mol. The Bertz CT molecular complexity index is 3030. The lowest BCUT2D eigenvalue weighted by molar-refractivity contribution is 0.669. The zero-order chi connectivity index (χ0) is 34.6. The van der Waals surface area contributed by atoms with E-state index in [-0.39, 0.29) is 0 Å². The minimum atomic E-state index is 0.496. The van der Waals surface area contributed by atoms with Gasteiger partial charge >= 0.3 is 0 Å². The van der Waals surface area contributed by atoms with Gasteiger partial charge in [-0.1, -0.05) is 109 Å². The van der Waals surface area contributed by atoms with E-state index in [4.69, 9.17) is 25.9 Å². The molecule has 7 aromatic carbocycles. The highest BCUT2D eigenvalue weighted by Crippen LogP contribution is 2.42. The van der Waals surface area contributed by atoms with Gasteiger partial charge in [-0.3, -0.25) is 0 Å². The van der Waals surface area contributed by atoms with E-state index < -0.39 is 0 Å². The Labute approximate surface area is 298 Å². The lowest BCUT2D eigenvalue weighted by Gasteiger charge is -2.11. The van der Waals surface area contributed by atoms with Crippen LogP contribution < -0.4 is 0 Å². The van der Waals surface area contributed by atoms with Crippen LogP contribution >= 0.6 is 0 Å². The highest BCUT2D eigenvalue weighted by Gasteiger charge is 2.20. The first-order chi connectivity index (χ1) is 25.7. The molecule has 52 heavy (non-hydrogen) atoms. The molecule has 0 bridgehead atoms. The summed E-state index contributed by atoms with van der Waals surface area (Å²) in [5.74, 6) is 1.56. The molecule has 0 unspecified atom stereocenters. The Balaban J connectivity index is 1.24. The third kappa shape index (κ3) is 4.84. The third-order valence-corrected chi connectivity index (χ3v) is 9.64. The second kappa shape index (κ2) is 11.9. The third-order valence-electron chi connectivity index (χ3n) is 9.64. The van der Waals surface area contributed by atoms with Crippen LogP contribution in [-0.2, 0) is 0 Å². The molecular formula is C46H27N5O. The summed E-state index contributed by atoms with van der Waals surface area (Å²) in [6.45, 7) is 7.58. The minimum absolute atomic E-state index is 0.496. The Kier molecular flexibility index (Phi) is 6.76. The Morgan fingerprint density at radius 2 is 1.12 bits per heavy atom. The molecule has 10 rings (SSSR count). The molecule has 0 saturated carbocycles. The minimum Gasteiger partial charge on any atom is -0.456 e. The largest absolute Gasteiger partial charge is 0.456 e. The normalized spacial score (nSPS) is 11.4. The van der Waals surface area contributed by atoms with Crippen LogP contribution in [0.2, 0.25) is 0 Å². The summed E-state index contributed by atoms with van der Waals surface area (Å²) in [6.07, 6.45) is 0. The Morgan fingerprint density at radius 3 is 1.92 bits per heavy atom. The Morgan fingerprint density at radius 1 is 0.462 bits per heavy atom. The summed E-state index contributed by atoms with van der Waals surface area (Å²) >= 11 is 0. The van der Waals surface area contributed by atoms with Crippen LogP contribution in [0.15, 0.2) is 168 Å². The number of fused-ring (bicyclic) bond motifs is 6. The molecule has 0 aliphatic heterocycles. The van der Waals surface area contributed by atoms with Crippen LogP contribution in [0, 0.1) is 6.57 Å². The van der Waals surface area contributed by atoms with Crippen molar-refractivity contribution in [2.45, 2.75) is 0 Å². The molecule has 0 amide bonds. The van der Waals surface area contributed by atoms with E-state index in [0.29, 0.717) is 23.2 Å². The van der Waals surface area contributed by atoms with Crippen molar-refractivity contribution in [3.05, 3.63) is 175 Å². The molecule has 0 radical (unpaired) electrons. The standard InChI is InChI=1S/C46H27N5O/c1-47-33-16-12-15-31(25-33)45-48-44(29-13-4-2-5-14-29)49-46(50-45)32-27-37(43-36-20-9-11-22-41(36)52-42(43)28-32)30-23-24-40-38(26-30)35-19-8-10-21-39(35)51(40)34-17-6-3-7-18-34/h2-28H. The van der Waals surface area contributed by atoms with Crippen molar-refractivity contribution in [2.24, 2.45) is 0 Å². The van der Waals surface area contributed by atoms with Crippen molar-refractivity contribution in [3.63, 3.8) is 0 Å². The number of aromatic nitrogens is 4. The van der Waals surface area contributed by atoms with E-state index in [1.54, 1.807) is 6.07 Å². The lowest BCUT2D eigenvalue weighted by Crippen LogP contribution is -2.00. The Hall–Kier alpha value is -7.36. The molecule has 242 valence electrons. The average Bonchev–Trinajstić information content (AvgIpc) is 3.76.